The van der Waals surface area contributed by atoms with Gasteiger partial charge in [0, 0.05) is 12.1 Å². The van der Waals surface area contributed by atoms with Crippen LogP contribution in [0.4, 0.5) is 17.2 Å². The van der Waals surface area contributed by atoms with Crippen LogP contribution in [0.5, 0.6) is 0 Å². The number of amides is 1. The van der Waals surface area contributed by atoms with Crippen molar-refractivity contribution >= 4 is 46.3 Å². The number of nitrogens with zero attached hydrogens (tertiary/aromatic N) is 1. The lowest BCUT2D eigenvalue weighted by atomic mass is 10.2. The Balaban J connectivity index is 1.96. The molecule has 0 aliphatic heterocycles. The average molecular weight is 338 g/mol. The molecule has 1 amide bonds. The second-order valence-corrected chi connectivity index (χ2v) is 5.65. The number of carbonyl (C=O) groups is 1. The van der Waals surface area contributed by atoms with E-state index in [0.717, 1.165) is 24.2 Å². The van der Waals surface area contributed by atoms with Crippen molar-refractivity contribution in [1.29, 1.82) is 0 Å². The minimum Gasteiger partial charge on any atom is -0.354 e. The normalized spacial score (nSPS) is 10.3. The zero-order chi connectivity index (χ0) is 15.9. The van der Waals surface area contributed by atoms with Crippen LogP contribution in [-0.4, -0.2) is 10.9 Å². The van der Waals surface area contributed by atoms with Gasteiger partial charge in [0.15, 0.2) is 0 Å². The number of nitrogens with one attached hydrogen (secondary N) is 2. The number of halogens is 2. The van der Waals surface area contributed by atoms with E-state index in [1.54, 1.807) is 24.4 Å². The maximum Gasteiger partial charge on any atom is 0.225 e. The summed E-state index contributed by atoms with van der Waals surface area (Å²) in [5, 5.41) is 6.93. The van der Waals surface area contributed by atoms with Crippen LogP contribution in [0.25, 0.3) is 0 Å². The minimum atomic E-state index is -0.0143. The zero-order valence-corrected chi connectivity index (χ0v) is 13.7. The third-order valence-corrected chi connectivity index (χ3v) is 3.74. The van der Waals surface area contributed by atoms with Crippen LogP contribution in [0.15, 0.2) is 36.5 Å². The van der Waals surface area contributed by atoms with Gasteiger partial charge in [0.1, 0.15) is 5.82 Å². The first kappa shape index (κ1) is 16.6. The van der Waals surface area contributed by atoms with Crippen molar-refractivity contribution in [2.45, 2.75) is 26.2 Å². The predicted molar refractivity (Wildman–Crippen MR) is 92.1 cm³/mol. The van der Waals surface area contributed by atoms with Crippen molar-refractivity contribution in [1.82, 2.24) is 4.98 Å². The number of aromatic nitrogens is 1. The first-order chi connectivity index (χ1) is 10.6. The first-order valence-electron chi connectivity index (χ1n) is 7.06. The van der Waals surface area contributed by atoms with Crippen LogP contribution in [-0.2, 0) is 4.79 Å². The molecule has 0 unspecified atom stereocenters. The fourth-order valence-corrected chi connectivity index (χ4v) is 2.12. The molecule has 0 spiro atoms. The molecule has 1 aromatic heterocycles. The lowest BCUT2D eigenvalue weighted by Crippen LogP contribution is -2.12. The highest BCUT2D eigenvalue weighted by Crippen LogP contribution is 2.26. The van der Waals surface area contributed by atoms with Crippen LogP contribution in [0, 0.1) is 0 Å². The van der Waals surface area contributed by atoms with Crippen LogP contribution >= 0.6 is 23.2 Å². The Morgan fingerprint density at radius 1 is 1.14 bits per heavy atom. The molecule has 0 fully saturated rings. The second kappa shape index (κ2) is 8.01. The van der Waals surface area contributed by atoms with Crippen LogP contribution in [0.2, 0.25) is 10.0 Å². The van der Waals surface area contributed by atoms with Gasteiger partial charge < -0.3 is 10.6 Å². The molecule has 2 aromatic rings. The van der Waals surface area contributed by atoms with Gasteiger partial charge in [-0.1, -0.05) is 36.5 Å². The summed E-state index contributed by atoms with van der Waals surface area (Å²) < 4.78 is 0. The Morgan fingerprint density at radius 2 is 1.91 bits per heavy atom. The Labute approximate surface area is 139 Å². The molecule has 4 nitrogen and oxygen atoms in total. The first-order valence-corrected chi connectivity index (χ1v) is 7.82. The maximum atomic E-state index is 11.6. The number of unbranched alkanes of at least 4 members (excludes halogenated alkanes) is 1. The Kier molecular flexibility index (Phi) is 6.04. The smallest absolute Gasteiger partial charge is 0.225 e. The molecule has 6 heteroatoms. The number of carbonyl (C=O) groups excluding carboxylic acids is 1. The fraction of sp³-hybridized carbons (Fsp3) is 0.250. The van der Waals surface area contributed by atoms with Crippen molar-refractivity contribution in [3.63, 3.8) is 0 Å². The molecule has 1 aromatic carbocycles. The highest BCUT2D eigenvalue weighted by atomic mass is 35.5. The maximum absolute atomic E-state index is 11.6. The molecule has 2 N–H and O–H groups in total. The summed E-state index contributed by atoms with van der Waals surface area (Å²) in [6.07, 6.45) is 4.04. The standard InChI is InChI=1S/C16H17Cl2N3O/c1-2-3-4-16(22)21-15-8-6-12(10-19-15)20-11-5-7-13(17)14(18)9-11/h5-10,20H,2-4H2,1H3,(H,19,21,22). The number of anilines is 3. The molecular formula is C16H17Cl2N3O. The van der Waals surface area contributed by atoms with Crippen molar-refractivity contribution in [3.8, 4) is 0 Å². The summed E-state index contributed by atoms with van der Waals surface area (Å²) in [5.41, 5.74) is 1.61. The van der Waals surface area contributed by atoms with Gasteiger partial charge >= 0.3 is 0 Å². The van der Waals surface area contributed by atoms with Crippen molar-refractivity contribution in [3.05, 3.63) is 46.6 Å². The van der Waals surface area contributed by atoms with Crippen LogP contribution in [0.1, 0.15) is 26.2 Å². The van der Waals surface area contributed by atoms with E-state index in [-0.39, 0.29) is 5.91 Å². The van der Waals surface area contributed by atoms with Gasteiger partial charge in [-0.05, 0) is 36.8 Å². The zero-order valence-electron chi connectivity index (χ0n) is 12.2. The molecule has 116 valence electrons. The summed E-state index contributed by atoms with van der Waals surface area (Å²) in [5.74, 6) is 0.528. The molecule has 0 aliphatic carbocycles. The van der Waals surface area contributed by atoms with Gasteiger partial charge in [-0.25, -0.2) is 4.98 Å². The van der Waals surface area contributed by atoms with E-state index in [9.17, 15) is 4.79 Å². The lowest BCUT2D eigenvalue weighted by Gasteiger charge is -2.08. The molecule has 22 heavy (non-hydrogen) atoms. The van der Waals surface area contributed by atoms with Crippen molar-refractivity contribution < 1.29 is 4.79 Å². The van der Waals surface area contributed by atoms with E-state index in [1.165, 1.54) is 0 Å². The summed E-state index contributed by atoms with van der Waals surface area (Å²) in [7, 11) is 0. The monoisotopic (exact) mass is 337 g/mol. The van der Waals surface area contributed by atoms with E-state index >= 15 is 0 Å². The van der Waals surface area contributed by atoms with Gasteiger partial charge in [0.25, 0.3) is 0 Å². The number of rotatable bonds is 6. The minimum absolute atomic E-state index is 0.0143. The van der Waals surface area contributed by atoms with Gasteiger partial charge in [-0.15, -0.1) is 0 Å². The molecule has 1 heterocycles. The molecular weight excluding hydrogens is 321 g/mol. The molecule has 0 saturated heterocycles. The van der Waals surface area contributed by atoms with E-state index < -0.39 is 0 Å². The number of hydrogen-bond donors (Lipinski definition) is 2. The number of pyridine rings is 1. The third kappa shape index (κ3) is 4.90. The summed E-state index contributed by atoms with van der Waals surface area (Å²) in [4.78, 5) is 15.8. The summed E-state index contributed by atoms with van der Waals surface area (Å²) >= 11 is 11.8. The van der Waals surface area contributed by atoms with Crippen LogP contribution < -0.4 is 10.6 Å². The average Bonchev–Trinajstić information content (AvgIpc) is 2.51. The van der Waals surface area contributed by atoms with E-state index in [0.29, 0.717) is 22.3 Å². The highest BCUT2D eigenvalue weighted by molar-refractivity contribution is 6.42. The molecule has 0 atom stereocenters. The Morgan fingerprint density at radius 3 is 2.55 bits per heavy atom. The van der Waals surface area contributed by atoms with Crippen molar-refractivity contribution in [2.75, 3.05) is 10.6 Å². The molecule has 2 rings (SSSR count). The van der Waals surface area contributed by atoms with Crippen LogP contribution in [0.3, 0.4) is 0 Å². The lowest BCUT2D eigenvalue weighted by molar-refractivity contribution is -0.116. The van der Waals surface area contributed by atoms with Gasteiger partial charge in [-0.3, -0.25) is 4.79 Å². The summed E-state index contributed by atoms with van der Waals surface area (Å²) in [6, 6.07) is 8.88. The van der Waals surface area contributed by atoms with Crippen molar-refractivity contribution in [2.24, 2.45) is 0 Å². The summed E-state index contributed by atoms with van der Waals surface area (Å²) in [6.45, 7) is 2.05. The Hall–Kier alpha value is -1.78. The van der Waals surface area contributed by atoms with E-state index in [2.05, 4.69) is 22.5 Å². The van der Waals surface area contributed by atoms with Gasteiger partial charge in [0.2, 0.25) is 5.91 Å². The molecule has 0 bridgehead atoms. The number of hydrogen-bond acceptors (Lipinski definition) is 3. The molecule has 0 saturated carbocycles. The van der Waals surface area contributed by atoms with Gasteiger partial charge in [-0.2, -0.15) is 0 Å². The highest BCUT2D eigenvalue weighted by Gasteiger charge is 2.04. The fourth-order valence-electron chi connectivity index (χ4n) is 1.82. The predicted octanol–water partition coefficient (Wildman–Crippen LogP) is 5.26. The number of benzene rings is 1. The SMILES string of the molecule is CCCCC(=O)Nc1ccc(Nc2ccc(Cl)c(Cl)c2)cn1. The van der Waals surface area contributed by atoms with E-state index in [4.69, 9.17) is 23.2 Å². The van der Waals surface area contributed by atoms with Gasteiger partial charge in [0.05, 0.1) is 21.9 Å². The molecule has 0 aliphatic rings. The third-order valence-electron chi connectivity index (χ3n) is 3.00. The topological polar surface area (TPSA) is 54.0 Å². The second-order valence-electron chi connectivity index (χ2n) is 4.84. The molecule has 0 radical (unpaired) electrons. The Bertz CT molecular complexity index is 644. The largest absolute Gasteiger partial charge is 0.354 e. The quantitative estimate of drug-likeness (QED) is 0.755. The van der Waals surface area contributed by atoms with E-state index in [1.807, 2.05) is 12.1 Å².